The van der Waals surface area contributed by atoms with Gasteiger partial charge in [-0.25, -0.2) is 4.39 Å². The van der Waals surface area contributed by atoms with E-state index in [1.165, 1.54) is 37.4 Å². The monoisotopic (exact) mass is 339 g/mol. The molecule has 0 heterocycles. The predicted molar refractivity (Wildman–Crippen MR) is 76.7 cm³/mol. The van der Waals surface area contributed by atoms with Crippen molar-refractivity contribution < 1.29 is 19.0 Å². The normalized spacial score (nSPS) is 10.2. The van der Waals surface area contributed by atoms with Crippen LogP contribution in [-0.4, -0.2) is 18.1 Å². The first-order chi connectivity index (χ1) is 9.51. The zero-order chi connectivity index (χ0) is 14.7. The number of phenols is 1. The number of methoxy groups -OCH3 is 1. The number of benzene rings is 2. The topological polar surface area (TPSA) is 58.6 Å². The van der Waals surface area contributed by atoms with Crippen molar-refractivity contribution in [3.8, 4) is 11.5 Å². The molecule has 0 saturated heterocycles. The molecule has 0 unspecified atom stereocenters. The number of rotatable bonds is 3. The highest BCUT2D eigenvalue weighted by atomic mass is 79.9. The van der Waals surface area contributed by atoms with Crippen LogP contribution in [0.15, 0.2) is 40.9 Å². The maximum Gasteiger partial charge on any atom is 0.259 e. The smallest absolute Gasteiger partial charge is 0.259 e. The lowest BCUT2D eigenvalue weighted by molar-refractivity contribution is 0.102. The van der Waals surface area contributed by atoms with Crippen molar-refractivity contribution in [2.24, 2.45) is 0 Å². The Morgan fingerprint density at radius 1 is 1.30 bits per heavy atom. The van der Waals surface area contributed by atoms with Gasteiger partial charge in [0.05, 0.1) is 17.1 Å². The number of ether oxygens (including phenoxy) is 1. The third-order valence-electron chi connectivity index (χ3n) is 2.63. The average molecular weight is 340 g/mol. The molecule has 0 radical (unpaired) electrons. The van der Waals surface area contributed by atoms with Crippen LogP contribution in [0.3, 0.4) is 0 Å². The highest BCUT2D eigenvalue weighted by Crippen LogP contribution is 2.25. The standard InChI is InChI=1S/C14H11BrFNO3/c1-20-9-3-5-13(18)10(7-9)14(19)17-8-2-4-11(15)12(16)6-8/h2-7,18H,1H3,(H,17,19). The van der Waals surface area contributed by atoms with Crippen molar-refractivity contribution in [3.05, 3.63) is 52.3 Å². The van der Waals surface area contributed by atoms with Crippen molar-refractivity contribution in [1.82, 2.24) is 0 Å². The summed E-state index contributed by atoms with van der Waals surface area (Å²) in [6.45, 7) is 0. The molecule has 0 atom stereocenters. The number of carbonyl (C=O) groups is 1. The van der Waals surface area contributed by atoms with Crippen molar-refractivity contribution in [3.63, 3.8) is 0 Å². The van der Waals surface area contributed by atoms with E-state index in [1.807, 2.05) is 0 Å². The number of halogens is 2. The van der Waals surface area contributed by atoms with Crippen LogP contribution in [0.2, 0.25) is 0 Å². The first-order valence-corrected chi connectivity index (χ1v) is 6.44. The van der Waals surface area contributed by atoms with Crippen LogP contribution in [0.1, 0.15) is 10.4 Å². The third-order valence-corrected chi connectivity index (χ3v) is 3.27. The minimum Gasteiger partial charge on any atom is -0.507 e. The Bertz CT molecular complexity index is 661. The zero-order valence-electron chi connectivity index (χ0n) is 10.5. The van der Waals surface area contributed by atoms with E-state index in [0.29, 0.717) is 10.2 Å². The quantitative estimate of drug-likeness (QED) is 0.898. The van der Waals surface area contributed by atoms with Crippen LogP contribution in [-0.2, 0) is 0 Å². The maximum absolute atomic E-state index is 13.4. The Morgan fingerprint density at radius 3 is 2.70 bits per heavy atom. The number of carbonyl (C=O) groups excluding carboxylic acids is 1. The molecule has 0 aliphatic heterocycles. The average Bonchev–Trinajstić information content (AvgIpc) is 2.43. The number of phenolic OH excluding ortho intramolecular Hbond substituents is 1. The minimum atomic E-state index is -0.553. The summed E-state index contributed by atoms with van der Waals surface area (Å²) in [5.41, 5.74) is 0.339. The molecule has 4 nitrogen and oxygen atoms in total. The van der Waals surface area contributed by atoms with E-state index in [2.05, 4.69) is 21.2 Å². The van der Waals surface area contributed by atoms with Gasteiger partial charge >= 0.3 is 0 Å². The van der Waals surface area contributed by atoms with Gasteiger partial charge in [-0.15, -0.1) is 0 Å². The van der Waals surface area contributed by atoms with Gasteiger partial charge in [-0.2, -0.15) is 0 Å². The van der Waals surface area contributed by atoms with Crippen LogP contribution in [0, 0.1) is 5.82 Å². The molecule has 20 heavy (non-hydrogen) atoms. The predicted octanol–water partition coefficient (Wildman–Crippen LogP) is 3.55. The van der Waals surface area contributed by atoms with E-state index < -0.39 is 11.7 Å². The first-order valence-electron chi connectivity index (χ1n) is 5.64. The van der Waals surface area contributed by atoms with Gasteiger partial charge in [0.2, 0.25) is 0 Å². The van der Waals surface area contributed by atoms with Crippen LogP contribution in [0.4, 0.5) is 10.1 Å². The number of hydrogen-bond donors (Lipinski definition) is 2. The Kier molecular flexibility index (Phi) is 4.24. The van der Waals surface area contributed by atoms with E-state index in [1.54, 1.807) is 6.07 Å². The van der Waals surface area contributed by atoms with Gasteiger partial charge in [0.25, 0.3) is 5.91 Å². The molecule has 104 valence electrons. The largest absolute Gasteiger partial charge is 0.507 e. The zero-order valence-corrected chi connectivity index (χ0v) is 12.1. The summed E-state index contributed by atoms with van der Waals surface area (Å²) in [5, 5.41) is 12.2. The van der Waals surface area contributed by atoms with E-state index >= 15 is 0 Å². The fourth-order valence-electron chi connectivity index (χ4n) is 1.60. The molecule has 2 aromatic carbocycles. The number of anilines is 1. The van der Waals surface area contributed by atoms with E-state index in [-0.39, 0.29) is 17.0 Å². The maximum atomic E-state index is 13.4. The SMILES string of the molecule is COc1ccc(O)c(C(=O)Nc2ccc(Br)c(F)c2)c1. The lowest BCUT2D eigenvalue weighted by atomic mass is 10.1. The summed E-state index contributed by atoms with van der Waals surface area (Å²) in [5.74, 6) is -0.781. The van der Waals surface area contributed by atoms with Gasteiger partial charge in [-0.1, -0.05) is 0 Å². The molecule has 0 fully saturated rings. The molecule has 0 aliphatic carbocycles. The Balaban J connectivity index is 2.25. The number of nitrogens with one attached hydrogen (secondary N) is 1. The Hall–Kier alpha value is -2.08. The second-order valence-electron chi connectivity index (χ2n) is 3.97. The molecular formula is C14H11BrFNO3. The van der Waals surface area contributed by atoms with Crippen LogP contribution in [0.25, 0.3) is 0 Å². The summed E-state index contributed by atoms with van der Waals surface area (Å²) in [4.78, 5) is 12.0. The molecule has 0 saturated carbocycles. The van der Waals surface area contributed by atoms with Crippen molar-refractivity contribution in [2.75, 3.05) is 12.4 Å². The van der Waals surface area contributed by atoms with E-state index in [0.717, 1.165) is 0 Å². The van der Waals surface area contributed by atoms with Crippen LogP contribution >= 0.6 is 15.9 Å². The van der Waals surface area contributed by atoms with Gasteiger partial charge in [0.15, 0.2) is 0 Å². The number of amides is 1. The molecular weight excluding hydrogens is 329 g/mol. The fourth-order valence-corrected chi connectivity index (χ4v) is 1.84. The highest BCUT2D eigenvalue weighted by Gasteiger charge is 2.13. The van der Waals surface area contributed by atoms with Crippen LogP contribution < -0.4 is 10.1 Å². The Labute approximate surface area is 123 Å². The van der Waals surface area contributed by atoms with Crippen molar-refractivity contribution >= 4 is 27.5 Å². The molecule has 0 aromatic heterocycles. The first kappa shape index (κ1) is 14.3. The summed E-state index contributed by atoms with van der Waals surface area (Å²) in [6.07, 6.45) is 0. The number of hydrogen-bond acceptors (Lipinski definition) is 3. The molecule has 2 N–H and O–H groups in total. The molecule has 2 aromatic rings. The molecule has 0 bridgehead atoms. The van der Waals surface area contributed by atoms with Crippen LogP contribution in [0.5, 0.6) is 11.5 Å². The van der Waals surface area contributed by atoms with Gasteiger partial charge in [-0.05, 0) is 52.3 Å². The van der Waals surface area contributed by atoms with E-state index in [4.69, 9.17) is 4.74 Å². The number of aromatic hydroxyl groups is 1. The van der Waals surface area contributed by atoms with Crippen molar-refractivity contribution in [1.29, 1.82) is 0 Å². The molecule has 0 spiro atoms. The van der Waals surface area contributed by atoms with Gasteiger partial charge in [-0.3, -0.25) is 4.79 Å². The second-order valence-corrected chi connectivity index (χ2v) is 4.82. The lowest BCUT2D eigenvalue weighted by Crippen LogP contribution is -2.12. The molecule has 1 amide bonds. The summed E-state index contributed by atoms with van der Waals surface area (Å²) in [7, 11) is 1.46. The van der Waals surface area contributed by atoms with Gasteiger partial charge in [0.1, 0.15) is 17.3 Å². The van der Waals surface area contributed by atoms with Crippen molar-refractivity contribution in [2.45, 2.75) is 0 Å². The summed E-state index contributed by atoms with van der Waals surface area (Å²) in [6, 6.07) is 8.50. The van der Waals surface area contributed by atoms with E-state index in [9.17, 15) is 14.3 Å². The minimum absolute atomic E-state index is 0.0488. The summed E-state index contributed by atoms with van der Waals surface area (Å²) < 4.78 is 18.7. The lowest BCUT2D eigenvalue weighted by Gasteiger charge is -2.09. The molecule has 6 heteroatoms. The Morgan fingerprint density at radius 2 is 2.05 bits per heavy atom. The summed E-state index contributed by atoms with van der Waals surface area (Å²) >= 11 is 3.03. The molecule has 0 aliphatic rings. The fraction of sp³-hybridized carbons (Fsp3) is 0.0714. The second kappa shape index (κ2) is 5.92. The third kappa shape index (κ3) is 3.08. The highest BCUT2D eigenvalue weighted by molar-refractivity contribution is 9.10. The van der Waals surface area contributed by atoms with Gasteiger partial charge in [0, 0.05) is 5.69 Å². The molecule has 2 rings (SSSR count). The van der Waals surface area contributed by atoms with Gasteiger partial charge < -0.3 is 15.2 Å².